The molecule has 1 aliphatic carbocycles. The minimum Gasteiger partial charge on any atom is -0.280 e. The summed E-state index contributed by atoms with van der Waals surface area (Å²) in [6.07, 6.45) is 4.38. The lowest BCUT2D eigenvalue weighted by Gasteiger charge is -2.41. The SMILES string of the molecule is CN1O[C@@H](C#N)CC12CCC2. The van der Waals surface area contributed by atoms with Gasteiger partial charge < -0.3 is 0 Å². The largest absolute Gasteiger partial charge is 0.280 e. The van der Waals surface area contributed by atoms with Crippen LogP contribution in [0.1, 0.15) is 25.7 Å². The van der Waals surface area contributed by atoms with Crippen molar-refractivity contribution in [3.63, 3.8) is 0 Å². The van der Waals surface area contributed by atoms with E-state index in [1.807, 2.05) is 12.1 Å². The molecule has 2 rings (SSSR count). The summed E-state index contributed by atoms with van der Waals surface area (Å²) in [6, 6.07) is 2.15. The third kappa shape index (κ3) is 0.867. The van der Waals surface area contributed by atoms with Gasteiger partial charge in [-0.15, -0.1) is 0 Å². The first-order valence-electron chi connectivity index (χ1n) is 4.07. The van der Waals surface area contributed by atoms with Crippen LogP contribution in [0.4, 0.5) is 0 Å². The number of hydroxylamine groups is 2. The van der Waals surface area contributed by atoms with Gasteiger partial charge >= 0.3 is 0 Å². The summed E-state index contributed by atoms with van der Waals surface area (Å²) in [5, 5.41) is 10.5. The first kappa shape index (κ1) is 7.08. The molecule has 1 spiro atoms. The summed E-state index contributed by atoms with van der Waals surface area (Å²) in [7, 11) is 1.94. The van der Waals surface area contributed by atoms with Crippen molar-refractivity contribution >= 4 is 0 Å². The van der Waals surface area contributed by atoms with E-state index in [0.717, 1.165) is 6.42 Å². The maximum Gasteiger partial charge on any atom is 0.167 e. The van der Waals surface area contributed by atoms with Crippen molar-refractivity contribution in [3.8, 4) is 6.07 Å². The smallest absolute Gasteiger partial charge is 0.167 e. The van der Waals surface area contributed by atoms with Crippen LogP contribution in [0.5, 0.6) is 0 Å². The molecule has 0 aromatic heterocycles. The van der Waals surface area contributed by atoms with Crippen LogP contribution in [0.2, 0.25) is 0 Å². The number of nitrogens with zero attached hydrogens (tertiary/aromatic N) is 2. The second kappa shape index (κ2) is 2.20. The van der Waals surface area contributed by atoms with Gasteiger partial charge in [-0.05, 0) is 19.3 Å². The van der Waals surface area contributed by atoms with Crippen LogP contribution in [0, 0.1) is 11.3 Å². The van der Waals surface area contributed by atoms with E-state index in [1.54, 1.807) is 0 Å². The lowest BCUT2D eigenvalue weighted by atomic mass is 9.74. The molecule has 3 nitrogen and oxygen atoms in total. The summed E-state index contributed by atoms with van der Waals surface area (Å²) in [5.74, 6) is 0. The Morgan fingerprint density at radius 2 is 2.36 bits per heavy atom. The standard InChI is InChI=1S/C8H12N2O/c1-10-8(3-2-4-8)5-7(6-9)11-10/h7H,2-5H2,1H3/t7-/m1/s1. The Kier molecular flexibility index (Phi) is 1.41. The zero-order valence-corrected chi connectivity index (χ0v) is 6.71. The molecular weight excluding hydrogens is 140 g/mol. The van der Waals surface area contributed by atoms with Crippen LogP contribution in [-0.2, 0) is 4.84 Å². The van der Waals surface area contributed by atoms with E-state index in [9.17, 15) is 0 Å². The quantitative estimate of drug-likeness (QED) is 0.521. The van der Waals surface area contributed by atoms with Crippen molar-refractivity contribution < 1.29 is 4.84 Å². The van der Waals surface area contributed by atoms with Crippen molar-refractivity contribution in [2.75, 3.05) is 7.05 Å². The summed E-state index contributed by atoms with van der Waals surface area (Å²) in [6.45, 7) is 0. The van der Waals surface area contributed by atoms with E-state index in [1.165, 1.54) is 19.3 Å². The van der Waals surface area contributed by atoms with Gasteiger partial charge in [0.1, 0.15) is 0 Å². The van der Waals surface area contributed by atoms with E-state index in [4.69, 9.17) is 10.1 Å². The van der Waals surface area contributed by atoms with Gasteiger partial charge in [0.25, 0.3) is 0 Å². The molecule has 0 bridgehead atoms. The van der Waals surface area contributed by atoms with Crippen molar-refractivity contribution in [2.24, 2.45) is 0 Å². The maximum atomic E-state index is 8.63. The molecule has 0 unspecified atom stereocenters. The van der Waals surface area contributed by atoms with Gasteiger partial charge in [0.15, 0.2) is 6.10 Å². The lowest BCUT2D eigenvalue weighted by molar-refractivity contribution is -0.175. The minimum absolute atomic E-state index is 0.194. The Morgan fingerprint density at radius 3 is 2.64 bits per heavy atom. The van der Waals surface area contributed by atoms with Gasteiger partial charge in [-0.2, -0.15) is 10.3 Å². The van der Waals surface area contributed by atoms with E-state index >= 15 is 0 Å². The molecule has 2 aliphatic rings. The normalized spacial score (nSPS) is 35.1. The molecule has 60 valence electrons. The molecule has 2 fully saturated rings. The molecule has 0 aromatic carbocycles. The fourth-order valence-corrected chi connectivity index (χ4v) is 1.99. The van der Waals surface area contributed by atoms with Crippen LogP contribution in [0.15, 0.2) is 0 Å². The number of rotatable bonds is 0. The monoisotopic (exact) mass is 152 g/mol. The number of nitriles is 1. The molecule has 0 amide bonds. The molecule has 1 heterocycles. The molecule has 3 heteroatoms. The van der Waals surface area contributed by atoms with Gasteiger partial charge in [0.2, 0.25) is 0 Å². The molecule has 1 atom stereocenters. The highest BCUT2D eigenvalue weighted by Gasteiger charge is 2.49. The topological polar surface area (TPSA) is 36.3 Å². The summed E-state index contributed by atoms with van der Waals surface area (Å²) in [5.41, 5.74) is 0.237. The Hall–Kier alpha value is -0.590. The molecule has 0 N–H and O–H groups in total. The molecule has 1 aliphatic heterocycles. The van der Waals surface area contributed by atoms with Gasteiger partial charge in [-0.3, -0.25) is 4.84 Å². The third-order valence-electron chi connectivity index (χ3n) is 2.95. The van der Waals surface area contributed by atoms with E-state index in [2.05, 4.69) is 6.07 Å². The first-order valence-corrected chi connectivity index (χ1v) is 4.07. The van der Waals surface area contributed by atoms with Crippen molar-refractivity contribution in [2.45, 2.75) is 37.3 Å². The first-order chi connectivity index (χ1) is 5.27. The Labute approximate surface area is 66.5 Å². The fraction of sp³-hybridized carbons (Fsp3) is 0.875. The molecule has 0 aromatic rings. The zero-order valence-electron chi connectivity index (χ0n) is 6.71. The van der Waals surface area contributed by atoms with Gasteiger partial charge in [-0.25, -0.2) is 0 Å². The second-order valence-corrected chi connectivity index (χ2v) is 3.50. The van der Waals surface area contributed by atoms with Crippen LogP contribution < -0.4 is 0 Å². The molecule has 11 heavy (non-hydrogen) atoms. The maximum absolute atomic E-state index is 8.63. The van der Waals surface area contributed by atoms with E-state index < -0.39 is 0 Å². The van der Waals surface area contributed by atoms with Crippen molar-refractivity contribution in [3.05, 3.63) is 0 Å². The fourth-order valence-electron chi connectivity index (χ4n) is 1.99. The average molecular weight is 152 g/mol. The van der Waals surface area contributed by atoms with E-state index in [-0.39, 0.29) is 11.6 Å². The number of hydrogen-bond acceptors (Lipinski definition) is 3. The summed E-state index contributed by atoms with van der Waals surface area (Å²) < 4.78 is 0. The van der Waals surface area contributed by atoms with Crippen molar-refractivity contribution in [1.82, 2.24) is 5.06 Å². The predicted molar refractivity (Wildman–Crippen MR) is 39.4 cm³/mol. The third-order valence-corrected chi connectivity index (χ3v) is 2.95. The summed E-state index contributed by atoms with van der Waals surface area (Å²) >= 11 is 0. The van der Waals surface area contributed by atoms with Crippen LogP contribution >= 0.6 is 0 Å². The molecule has 1 saturated heterocycles. The lowest BCUT2D eigenvalue weighted by Crippen LogP contribution is -2.46. The summed E-state index contributed by atoms with van der Waals surface area (Å²) in [4.78, 5) is 5.34. The Balaban J connectivity index is 2.09. The van der Waals surface area contributed by atoms with Gasteiger partial charge in [-0.1, -0.05) is 0 Å². The van der Waals surface area contributed by atoms with Crippen LogP contribution in [0.3, 0.4) is 0 Å². The second-order valence-electron chi connectivity index (χ2n) is 3.50. The highest BCUT2D eigenvalue weighted by atomic mass is 16.7. The number of hydrogen-bond donors (Lipinski definition) is 0. The molecule has 1 saturated carbocycles. The Bertz CT molecular complexity index is 205. The Morgan fingerprint density at radius 1 is 1.64 bits per heavy atom. The highest BCUT2D eigenvalue weighted by Crippen LogP contribution is 2.45. The molecule has 0 radical (unpaired) electrons. The van der Waals surface area contributed by atoms with E-state index in [0.29, 0.717) is 0 Å². The molecular formula is C8H12N2O. The zero-order chi connectivity index (χ0) is 7.90. The van der Waals surface area contributed by atoms with Crippen LogP contribution in [0.25, 0.3) is 0 Å². The van der Waals surface area contributed by atoms with Gasteiger partial charge in [0, 0.05) is 19.0 Å². The van der Waals surface area contributed by atoms with Gasteiger partial charge in [0.05, 0.1) is 6.07 Å². The predicted octanol–water partition coefficient (Wildman–Crippen LogP) is 1.07. The van der Waals surface area contributed by atoms with Crippen LogP contribution in [-0.4, -0.2) is 23.8 Å². The minimum atomic E-state index is -0.194. The highest BCUT2D eigenvalue weighted by molar-refractivity contribution is 5.04. The van der Waals surface area contributed by atoms with Crippen molar-refractivity contribution in [1.29, 1.82) is 5.26 Å². The average Bonchev–Trinajstić information content (AvgIpc) is 2.25.